The van der Waals surface area contributed by atoms with Crippen molar-refractivity contribution in [1.29, 1.82) is 0 Å². The minimum Gasteiger partial charge on any atom is -0.492 e. The second-order valence-electron chi connectivity index (χ2n) is 4.07. The lowest BCUT2D eigenvalue weighted by molar-refractivity contribution is 0.388. The lowest BCUT2D eigenvalue weighted by atomic mass is 10.3. The Kier molecular flexibility index (Phi) is 4.90. The van der Waals surface area contributed by atoms with Crippen LogP contribution in [0.5, 0.6) is 5.75 Å². The summed E-state index contributed by atoms with van der Waals surface area (Å²) in [4.78, 5) is -0.237. The number of nitrogen functional groups attached to an aromatic ring is 1. The molecule has 3 N–H and O–H groups in total. The van der Waals surface area contributed by atoms with Crippen LogP contribution >= 0.6 is 0 Å². The summed E-state index contributed by atoms with van der Waals surface area (Å²) in [5.41, 5.74) is 5.48. The Morgan fingerprint density at radius 1 is 1.58 bits per heavy atom. The summed E-state index contributed by atoms with van der Waals surface area (Å²) in [7, 11) is -2.57. The number of rotatable bonds is 6. The van der Waals surface area contributed by atoms with E-state index in [1.165, 1.54) is 7.11 Å². The first kappa shape index (κ1) is 15.5. The standard InChI is InChI=1S/C12H17FN2O3S/c1-4-5-8(2)15-19(16,17)9-6-10(13)12(18-3)11(14)7-9/h4,6-8,15H,1,5,14H2,2-3H3. The van der Waals surface area contributed by atoms with Crippen LogP contribution in [0.1, 0.15) is 13.3 Å². The van der Waals surface area contributed by atoms with E-state index in [9.17, 15) is 12.8 Å². The molecule has 1 unspecified atom stereocenters. The molecular weight excluding hydrogens is 271 g/mol. The molecular formula is C12H17FN2O3S. The average molecular weight is 288 g/mol. The maximum Gasteiger partial charge on any atom is 0.241 e. The Bertz CT molecular complexity index is 549. The molecule has 0 fully saturated rings. The molecule has 5 nitrogen and oxygen atoms in total. The van der Waals surface area contributed by atoms with E-state index in [4.69, 9.17) is 10.5 Å². The highest BCUT2D eigenvalue weighted by atomic mass is 32.2. The number of hydrogen-bond donors (Lipinski definition) is 2. The van der Waals surface area contributed by atoms with Crippen molar-refractivity contribution in [1.82, 2.24) is 4.72 Å². The van der Waals surface area contributed by atoms with Gasteiger partial charge in [-0.15, -0.1) is 6.58 Å². The fourth-order valence-corrected chi connectivity index (χ4v) is 2.89. The quantitative estimate of drug-likeness (QED) is 0.616. The van der Waals surface area contributed by atoms with Gasteiger partial charge in [0, 0.05) is 6.04 Å². The van der Waals surface area contributed by atoms with E-state index in [0.29, 0.717) is 6.42 Å². The maximum absolute atomic E-state index is 13.6. The second kappa shape index (κ2) is 6.03. The highest BCUT2D eigenvalue weighted by molar-refractivity contribution is 7.89. The normalized spacial score (nSPS) is 13.0. The SMILES string of the molecule is C=CCC(C)NS(=O)(=O)c1cc(N)c(OC)c(F)c1. The first-order valence-corrected chi connectivity index (χ1v) is 7.06. The Labute approximate surface area is 112 Å². The fraction of sp³-hybridized carbons (Fsp3) is 0.333. The van der Waals surface area contributed by atoms with Crippen LogP contribution in [0.25, 0.3) is 0 Å². The number of halogens is 1. The number of benzene rings is 1. The van der Waals surface area contributed by atoms with Gasteiger partial charge in [-0.25, -0.2) is 17.5 Å². The van der Waals surface area contributed by atoms with Gasteiger partial charge in [0.25, 0.3) is 0 Å². The maximum atomic E-state index is 13.6. The van der Waals surface area contributed by atoms with Gasteiger partial charge in [-0.05, 0) is 25.5 Å². The molecule has 0 amide bonds. The van der Waals surface area contributed by atoms with Crippen molar-refractivity contribution in [2.24, 2.45) is 0 Å². The van der Waals surface area contributed by atoms with Gasteiger partial charge in [-0.2, -0.15) is 0 Å². The lowest BCUT2D eigenvalue weighted by Crippen LogP contribution is -2.32. The molecule has 19 heavy (non-hydrogen) atoms. The van der Waals surface area contributed by atoms with Gasteiger partial charge in [0.05, 0.1) is 17.7 Å². The number of nitrogens with two attached hydrogens (primary N) is 1. The number of ether oxygens (including phenoxy) is 1. The summed E-state index contributed by atoms with van der Waals surface area (Å²) in [5, 5.41) is 0. The van der Waals surface area contributed by atoms with Crippen LogP contribution in [-0.2, 0) is 10.0 Å². The van der Waals surface area contributed by atoms with Crippen molar-refractivity contribution in [3.63, 3.8) is 0 Å². The molecule has 1 aromatic rings. The highest BCUT2D eigenvalue weighted by Gasteiger charge is 2.20. The first-order chi connectivity index (χ1) is 8.81. The Morgan fingerprint density at radius 2 is 2.21 bits per heavy atom. The summed E-state index contributed by atoms with van der Waals surface area (Å²) >= 11 is 0. The summed E-state index contributed by atoms with van der Waals surface area (Å²) in [6.07, 6.45) is 2.06. The third kappa shape index (κ3) is 3.68. The topological polar surface area (TPSA) is 81.4 Å². The molecule has 106 valence electrons. The molecule has 1 atom stereocenters. The van der Waals surface area contributed by atoms with Gasteiger partial charge in [0.1, 0.15) is 0 Å². The van der Waals surface area contributed by atoms with Crippen LogP contribution in [0, 0.1) is 5.82 Å². The number of sulfonamides is 1. The van der Waals surface area contributed by atoms with E-state index in [-0.39, 0.29) is 22.4 Å². The van der Waals surface area contributed by atoms with Crippen molar-refractivity contribution < 1.29 is 17.5 Å². The van der Waals surface area contributed by atoms with E-state index in [1.807, 2.05) is 0 Å². The molecule has 0 aliphatic rings. The molecule has 0 saturated carbocycles. The summed E-state index contributed by atoms with van der Waals surface area (Å²) in [6.45, 7) is 5.21. The summed E-state index contributed by atoms with van der Waals surface area (Å²) in [6, 6.07) is 1.69. The molecule has 0 aromatic heterocycles. The van der Waals surface area contributed by atoms with Crippen molar-refractivity contribution in [3.05, 3.63) is 30.6 Å². The number of anilines is 1. The van der Waals surface area contributed by atoms with Gasteiger partial charge < -0.3 is 10.5 Å². The second-order valence-corrected chi connectivity index (χ2v) is 5.79. The summed E-state index contributed by atoms with van der Waals surface area (Å²) in [5.74, 6) is -0.989. The van der Waals surface area contributed by atoms with Crippen LogP contribution in [0.4, 0.5) is 10.1 Å². The highest BCUT2D eigenvalue weighted by Crippen LogP contribution is 2.28. The van der Waals surface area contributed by atoms with Crippen LogP contribution in [0.15, 0.2) is 29.7 Å². The Hall–Kier alpha value is -1.60. The fourth-order valence-electron chi connectivity index (χ4n) is 1.59. The first-order valence-electron chi connectivity index (χ1n) is 5.58. The number of methoxy groups -OCH3 is 1. The van der Waals surface area contributed by atoms with Crippen LogP contribution in [0.2, 0.25) is 0 Å². The predicted molar refractivity (Wildman–Crippen MR) is 72.0 cm³/mol. The predicted octanol–water partition coefficient (Wildman–Crippen LogP) is 1.66. The van der Waals surface area contributed by atoms with Gasteiger partial charge in [0.2, 0.25) is 10.0 Å². The molecule has 0 bridgehead atoms. The largest absolute Gasteiger partial charge is 0.492 e. The van der Waals surface area contributed by atoms with E-state index < -0.39 is 15.8 Å². The lowest BCUT2D eigenvalue weighted by Gasteiger charge is -2.14. The van der Waals surface area contributed by atoms with Gasteiger partial charge in [-0.1, -0.05) is 6.08 Å². The zero-order valence-electron chi connectivity index (χ0n) is 10.8. The van der Waals surface area contributed by atoms with Crippen LogP contribution < -0.4 is 15.2 Å². The van der Waals surface area contributed by atoms with E-state index >= 15 is 0 Å². The molecule has 0 aliphatic carbocycles. The third-order valence-corrected chi connectivity index (χ3v) is 4.01. The molecule has 1 aromatic carbocycles. The molecule has 0 heterocycles. The van der Waals surface area contributed by atoms with Crippen LogP contribution in [0.3, 0.4) is 0 Å². The van der Waals surface area contributed by atoms with Crippen molar-refractivity contribution in [2.45, 2.75) is 24.3 Å². The van der Waals surface area contributed by atoms with Gasteiger partial charge in [0.15, 0.2) is 11.6 Å². The van der Waals surface area contributed by atoms with Crippen LogP contribution in [-0.4, -0.2) is 21.6 Å². The monoisotopic (exact) mass is 288 g/mol. The Morgan fingerprint density at radius 3 is 2.68 bits per heavy atom. The minimum absolute atomic E-state index is 0.0701. The molecule has 0 spiro atoms. The van der Waals surface area contributed by atoms with Crippen molar-refractivity contribution in [2.75, 3.05) is 12.8 Å². The van der Waals surface area contributed by atoms with Gasteiger partial charge in [-0.3, -0.25) is 0 Å². The van der Waals surface area contributed by atoms with Crippen molar-refractivity contribution in [3.8, 4) is 5.75 Å². The average Bonchev–Trinajstić information content (AvgIpc) is 2.27. The van der Waals surface area contributed by atoms with E-state index in [2.05, 4.69) is 11.3 Å². The molecule has 0 radical (unpaired) electrons. The minimum atomic E-state index is -3.83. The number of nitrogens with one attached hydrogen (secondary N) is 1. The zero-order chi connectivity index (χ0) is 14.6. The zero-order valence-corrected chi connectivity index (χ0v) is 11.6. The molecule has 1 rings (SSSR count). The smallest absolute Gasteiger partial charge is 0.241 e. The van der Waals surface area contributed by atoms with Gasteiger partial charge >= 0.3 is 0 Å². The summed E-state index contributed by atoms with van der Waals surface area (Å²) < 4.78 is 44.8. The third-order valence-electron chi connectivity index (χ3n) is 2.44. The van der Waals surface area contributed by atoms with Crippen molar-refractivity contribution >= 4 is 15.7 Å². The Balaban J connectivity index is 3.12. The molecule has 0 saturated heterocycles. The molecule has 0 aliphatic heterocycles. The number of hydrogen-bond acceptors (Lipinski definition) is 4. The van der Waals surface area contributed by atoms with E-state index in [1.54, 1.807) is 13.0 Å². The molecule has 7 heteroatoms. The van der Waals surface area contributed by atoms with E-state index in [0.717, 1.165) is 12.1 Å².